The van der Waals surface area contributed by atoms with Gasteiger partial charge in [-0.05, 0) is 36.2 Å². The van der Waals surface area contributed by atoms with Crippen LogP contribution >= 0.6 is 0 Å². The lowest BCUT2D eigenvalue weighted by Crippen LogP contribution is -2.29. The first-order valence-corrected chi connectivity index (χ1v) is 7.45. The maximum absolute atomic E-state index is 12.3. The molecule has 1 N–H and O–H groups in total. The number of carbonyl (C=O) groups is 1. The van der Waals surface area contributed by atoms with Gasteiger partial charge in [-0.25, -0.2) is 0 Å². The summed E-state index contributed by atoms with van der Waals surface area (Å²) < 4.78 is 16.1. The Kier molecular flexibility index (Phi) is 4.48. The van der Waals surface area contributed by atoms with E-state index in [1.165, 1.54) is 0 Å². The fraction of sp³-hybridized carbons (Fsp3) is 0.278. The van der Waals surface area contributed by atoms with Crippen LogP contribution in [0.1, 0.15) is 27.6 Å². The Hall–Kier alpha value is -2.53. The molecule has 2 aromatic carbocycles. The van der Waals surface area contributed by atoms with Crippen molar-refractivity contribution >= 4 is 5.91 Å². The average Bonchev–Trinajstić information content (AvgIpc) is 3.04. The van der Waals surface area contributed by atoms with Crippen LogP contribution in [0, 0.1) is 6.92 Å². The molecule has 120 valence electrons. The normalized spacial score (nSPS) is 13.7. The summed E-state index contributed by atoms with van der Waals surface area (Å²) in [6.45, 7) is 2.62. The number of ether oxygens (including phenoxy) is 3. The number of hydrogen-bond acceptors (Lipinski definition) is 4. The largest absolute Gasteiger partial charge is 0.454 e. The molecule has 1 atom stereocenters. The predicted octanol–water partition coefficient (Wildman–Crippen LogP) is 2.84. The fourth-order valence-electron chi connectivity index (χ4n) is 2.59. The van der Waals surface area contributed by atoms with Crippen LogP contribution in [0.4, 0.5) is 0 Å². The van der Waals surface area contributed by atoms with Crippen LogP contribution < -0.4 is 14.8 Å². The molecule has 0 radical (unpaired) electrons. The van der Waals surface area contributed by atoms with E-state index in [9.17, 15) is 4.79 Å². The summed E-state index contributed by atoms with van der Waals surface area (Å²) in [7, 11) is 1.64. The van der Waals surface area contributed by atoms with Crippen LogP contribution in [0.5, 0.6) is 11.5 Å². The molecule has 2 aromatic rings. The molecular weight excluding hydrogens is 294 g/mol. The van der Waals surface area contributed by atoms with Gasteiger partial charge < -0.3 is 19.5 Å². The number of hydrogen-bond donors (Lipinski definition) is 1. The second-order valence-corrected chi connectivity index (χ2v) is 5.36. The van der Waals surface area contributed by atoms with Gasteiger partial charge in [0, 0.05) is 19.2 Å². The van der Waals surface area contributed by atoms with Crippen molar-refractivity contribution in [2.24, 2.45) is 0 Å². The van der Waals surface area contributed by atoms with E-state index in [-0.39, 0.29) is 18.8 Å². The van der Waals surface area contributed by atoms with Gasteiger partial charge in [0.2, 0.25) is 6.79 Å². The topological polar surface area (TPSA) is 56.8 Å². The Labute approximate surface area is 135 Å². The van der Waals surface area contributed by atoms with Gasteiger partial charge in [0.25, 0.3) is 5.91 Å². The molecule has 1 heterocycles. The highest BCUT2D eigenvalue weighted by Crippen LogP contribution is 2.32. The average molecular weight is 313 g/mol. The maximum Gasteiger partial charge on any atom is 0.251 e. The van der Waals surface area contributed by atoms with Gasteiger partial charge in [0.05, 0.1) is 6.10 Å². The Morgan fingerprint density at radius 2 is 2.00 bits per heavy atom. The van der Waals surface area contributed by atoms with Gasteiger partial charge in [0.1, 0.15) is 0 Å². The number of nitrogens with one attached hydrogen (secondary N) is 1. The van der Waals surface area contributed by atoms with Crippen molar-refractivity contribution in [1.82, 2.24) is 5.32 Å². The summed E-state index contributed by atoms with van der Waals surface area (Å²) >= 11 is 0. The quantitative estimate of drug-likeness (QED) is 0.922. The molecule has 0 fully saturated rings. The fourth-order valence-corrected chi connectivity index (χ4v) is 2.59. The van der Waals surface area contributed by atoms with E-state index in [2.05, 4.69) is 5.32 Å². The van der Waals surface area contributed by atoms with Crippen molar-refractivity contribution in [2.75, 3.05) is 20.4 Å². The standard InChI is InChI=1S/C18H19NO4/c1-12-5-3-4-6-14(12)17(21-2)10-19-18(20)13-7-8-15-16(9-13)23-11-22-15/h3-9,17H,10-11H2,1-2H3,(H,19,20)/t17-/m0/s1. The Bertz CT molecular complexity index is 714. The predicted molar refractivity (Wildman–Crippen MR) is 85.8 cm³/mol. The van der Waals surface area contributed by atoms with Crippen molar-refractivity contribution in [3.05, 3.63) is 59.2 Å². The summed E-state index contributed by atoms with van der Waals surface area (Å²) in [6, 6.07) is 13.1. The number of rotatable bonds is 5. The third-order valence-electron chi connectivity index (χ3n) is 3.90. The molecule has 3 rings (SSSR count). The number of fused-ring (bicyclic) bond motifs is 1. The molecule has 0 saturated carbocycles. The zero-order chi connectivity index (χ0) is 16.2. The highest BCUT2D eigenvalue weighted by atomic mass is 16.7. The number of amides is 1. The first-order chi connectivity index (χ1) is 11.2. The minimum absolute atomic E-state index is 0.168. The minimum atomic E-state index is -0.186. The number of benzene rings is 2. The Morgan fingerprint density at radius 3 is 2.78 bits per heavy atom. The molecule has 5 nitrogen and oxygen atoms in total. The molecule has 1 aliphatic rings. The molecule has 0 spiro atoms. The van der Waals surface area contributed by atoms with Gasteiger partial charge >= 0.3 is 0 Å². The molecule has 0 unspecified atom stereocenters. The second kappa shape index (κ2) is 6.71. The van der Waals surface area contributed by atoms with Crippen LogP contribution in [0.2, 0.25) is 0 Å². The number of aryl methyl sites for hydroxylation is 1. The second-order valence-electron chi connectivity index (χ2n) is 5.36. The SMILES string of the molecule is CO[C@@H](CNC(=O)c1ccc2c(c1)OCO2)c1ccccc1C. The molecule has 0 aromatic heterocycles. The van der Waals surface area contributed by atoms with E-state index < -0.39 is 0 Å². The maximum atomic E-state index is 12.3. The van der Waals surface area contributed by atoms with Gasteiger partial charge in [-0.2, -0.15) is 0 Å². The van der Waals surface area contributed by atoms with Crippen LogP contribution in [-0.4, -0.2) is 26.4 Å². The van der Waals surface area contributed by atoms with Gasteiger partial charge in [0.15, 0.2) is 11.5 Å². The van der Waals surface area contributed by atoms with Crippen LogP contribution in [-0.2, 0) is 4.74 Å². The van der Waals surface area contributed by atoms with E-state index in [4.69, 9.17) is 14.2 Å². The van der Waals surface area contributed by atoms with E-state index >= 15 is 0 Å². The van der Waals surface area contributed by atoms with E-state index in [1.54, 1.807) is 25.3 Å². The van der Waals surface area contributed by atoms with Crippen LogP contribution in [0.15, 0.2) is 42.5 Å². The van der Waals surface area contributed by atoms with Crippen LogP contribution in [0.25, 0.3) is 0 Å². The van der Waals surface area contributed by atoms with E-state index in [1.807, 2.05) is 31.2 Å². The summed E-state index contributed by atoms with van der Waals surface area (Å²) in [6.07, 6.45) is -0.186. The third-order valence-corrected chi connectivity index (χ3v) is 3.90. The van der Waals surface area contributed by atoms with Gasteiger partial charge in [-0.15, -0.1) is 0 Å². The summed E-state index contributed by atoms with van der Waals surface area (Å²) in [4.78, 5) is 12.3. The molecule has 0 bridgehead atoms. The van der Waals surface area contributed by atoms with Gasteiger partial charge in [-0.1, -0.05) is 24.3 Å². The van der Waals surface area contributed by atoms with E-state index in [0.717, 1.165) is 11.1 Å². The molecule has 23 heavy (non-hydrogen) atoms. The lowest BCUT2D eigenvalue weighted by atomic mass is 10.0. The van der Waals surface area contributed by atoms with Gasteiger partial charge in [-0.3, -0.25) is 4.79 Å². The Balaban J connectivity index is 1.67. The molecule has 5 heteroatoms. The zero-order valence-corrected chi connectivity index (χ0v) is 13.2. The summed E-state index contributed by atoms with van der Waals surface area (Å²) in [5.41, 5.74) is 2.74. The monoisotopic (exact) mass is 313 g/mol. The summed E-state index contributed by atoms with van der Waals surface area (Å²) in [5.74, 6) is 1.09. The minimum Gasteiger partial charge on any atom is -0.454 e. The zero-order valence-electron chi connectivity index (χ0n) is 13.2. The highest BCUT2D eigenvalue weighted by molar-refractivity contribution is 5.94. The lowest BCUT2D eigenvalue weighted by Gasteiger charge is -2.18. The lowest BCUT2D eigenvalue weighted by molar-refractivity contribution is 0.0825. The first kappa shape index (κ1) is 15.4. The van der Waals surface area contributed by atoms with Crippen molar-refractivity contribution in [3.63, 3.8) is 0 Å². The highest BCUT2D eigenvalue weighted by Gasteiger charge is 2.18. The number of methoxy groups -OCH3 is 1. The molecular formula is C18H19NO4. The van der Waals surface area contributed by atoms with Crippen molar-refractivity contribution in [3.8, 4) is 11.5 Å². The Morgan fingerprint density at radius 1 is 1.22 bits per heavy atom. The van der Waals surface area contributed by atoms with Crippen LogP contribution in [0.3, 0.4) is 0 Å². The van der Waals surface area contributed by atoms with Crippen molar-refractivity contribution < 1.29 is 19.0 Å². The summed E-state index contributed by atoms with van der Waals surface area (Å²) in [5, 5.41) is 2.91. The number of carbonyl (C=O) groups excluding carboxylic acids is 1. The molecule has 0 saturated heterocycles. The third kappa shape index (κ3) is 3.29. The smallest absolute Gasteiger partial charge is 0.251 e. The molecule has 0 aliphatic carbocycles. The van der Waals surface area contributed by atoms with E-state index in [0.29, 0.717) is 23.6 Å². The van der Waals surface area contributed by atoms with Crippen molar-refractivity contribution in [1.29, 1.82) is 0 Å². The molecule has 1 aliphatic heterocycles. The van der Waals surface area contributed by atoms with Crippen molar-refractivity contribution in [2.45, 2.75) is 13.0 Å². The first-order valence-electron chi connectivity index (χ1n) is 7.45. The molecule has 1 amide bonds.